The zero-order valence-electron chi connectivity index (χ0n) is 20.2. The molecule has 0 aliphatic heterocycles. The maximum atomic E-state index is 12.8. The maximum absolute atomic E-state index is 12.8. The number of aromatic nitrogens is 4. The van der Waals surface area contributed by atoms with Crippen LogP contribution in [0.4, 0.5) is 5.69 Å². The molecule has 4 aromatic rings. The van der Waals surface area contributed by atoms with Crippen LogP contribution >= 0.6 is 0 Å². The third-order valence-electron chi connectivity index (χ3n) is 5.47. The molecule has 0 fully saturated rings. The van der Waals surface area contributed by atoms with E-state index < -0.39 is 16.2 Å². The largest absolute Gasteiger partial charge is 0.497 e. The number of nitro groups is 1. The SMILES string of the molecule is COc1ccc(-c2ccc(-c3nc4c(c(=O)[nH]c(=O)n4CC(C)C)n3CC(C)C)o2)c([N+](=O)[O-])c1. The van der Waals surface area contributed by atoms with Gasteiger partial charge in [-0.25, -0.2) is 9.78 Å². The van der Waals surface area contributed by atoms with Crippen molar-refractivity contribution in [2.75, 3.05) is 7.11 Å². The lowest BCUT2D eigenvalue weighted by atomic mass is 10.1. The summed E-state index contributed by atoms with van der Waals surface area (Å²) in [5, 5.41) is 11.6. The van der Waals surface area contributed by atoms with Crippen molar-refractivity contribution < 1.29 is 14.1 Å². The Morgan fingerprint density at radius 2 is 1.71 bits per heavy atom. The Morgan fingerprint density at radius 3 is 2.34 bits per heavy atom. The van der Waals surface area contributed by atoms with Gasteiger partial charge in [-0.15, -0.1) is 0 Å². The van der Waals surface area contributed by atoms with Crippen LogP contribution in [-0.2, 0) is 13.1 Å². The van der Waals surface area contributed by atoms with E-state index in [1.807, 2.05) is 27.7 Å². The fourth-order valence-electron chi connectivity index (χ4n) is 4.04. The Labute approximate surface area is 200 Å². The van der Waals surface area contributed by atoms with Crippen LogP contribution in [0.5, 0.6) is 5.75 Å². The van der Waals surface area contributed by atoms with E-state index in [2.05, 4.69) is 9.97 Å². The van der Waals surface area contributed by atoms with Crippen molar-refractivity contribution in [3.8, 4) is 28.7 Å². The zero-order chi connectivity index (χ0) is 25.4. The second-order valence-corrected chi connectivity index (χ2v) is 9.18. The number of methoxy groups -OCH3 is 1. The number of hydrogen-bond donors (Lipinski definition) is 1. The lowest BCUT2D eigenvalue weighted by Crippen LogP contribution is -2.32. The first kappa shape index (κ1) is 24.0. The number of benzene rings is 1. The van der Waals surface area contributed by atoms with Crippen molar-refractivity contribution in [3.05, 3.63) is 61.3 Å². The number of aromatic amines is 1. The van der Waals surface area contributed by atoms with Gasteiger partial charge in [-0.05, 0) is 36.1 Å². The highest BCUT2D eigenvalue weighted by Gasteiger charge is 2.24. The molecule has 11 nitrogen and oxygen atoms in total. The Kier molecular flexibility index (Phi) is 6.33. The van der Waals surface area contributed by atoms with Crippen LogP contribution in [0.1, 0.15) is 27.7 Å². The van der Waals surface area contributed by atoms with Crippen LogP contribution in [0.2, 0.25) is 0 Å². The van der Waals surface area contributed by atoms with E-state index in [0.717, 1.165) is 0 Å². The molecule has 0 amide bonds. The van der Waals surface area contributed by atoms with Gasteiger partial charge < -0.3 is 13.7 Å². The second kappa shape index (κ2) is 9.24. The number of fused-ring (bicyclic) bond motifs is 1. The summed E-state index contributed by atoms with van der Waals surface area (Å²) in [5.41, 5.74) is -0.377. The minimum atomic E-state index is -0.526. The van der Waals surface area contributed by atoms with Gasteiger partial charge in [0.25, 0.3) is 11.2 Å². The molecule has 184 valence electrons. The molecular formula is C24H27N5O6. The van der Waals surface area contributed by atoms with E-state index in [9.17, 15) is 19.7 Å². The summed E-state index contributed by atoms with van der Waals surface area (Å²) in [7, 11) is 1.43. The van der Waals surface area contributed by atoms with Gasteiger partial charge in [0.15, 0.2) is 22.7 Å². The normalized spacial score (nSPS) is 11.6. The molecule has 0 aliphatic carbocycles. The molecule has 1 aromatic carbocycles. The molecule has 0 bridgehead atoms. The van der Waals surface area contributed by atoms with Gasteiger partial charge in [0.1, 0.15) is 11.5 Å². The lowest BCUT2D eigenvalue weighted by Gasteiger charge is -2.11. The van der Waals surface area contributed by atoms with E-state index in [1.54, 1.807) is 28.8 Å². The van der Waals surface area contributed by atoms with E-state index >= 15 is 0 Å². The van der Waals surface area contributed by atoms with Gasteiger partial charge in [0.2, 0.25) is 0 Å². The summed E-state index contributed by atoms with van der Waals surface area (Å²) in [6.45, 7) is 8.77. The van der Waals surface area contributed by atoms with Crippen molar-refractivity contribution in [2.45, 2.75) is 40.8 Å². The second-order valence-electron chi connectivity index (χ2n) is 9.18. The van der Waals surface area contributed by atoms with Crippen LogP contribution in [0.3, 0.4) is 0 Å². The van der Waals surface area contributed by atoms with Gasteiger partial charge >= 0.3 is 5.69 Å². The smallest absolute Gasteiger partial charge is 0.330 e. The van der Waals surface area contributed by atoms with Crippen LogP contribution in [0.15, 0.2) is 44.3 Å². The molecule has 1 N–H and O–H groups in total. The summed E-state index contributed by atoms with van der Waals surface area (Å²) in [4.78, 5) is 43.6. The monoisotopic (exact) mass is 481 g/mol. The van der Waals surface area contributed by atoms with Crippen molar-refractivity contribution in [1.82, 2.24) is 19.1 Å². The first-order chi connectivity index (χ1) is 16.6. The predicted molar refractivity (Wildman–Crippen MR) is 131 cm³/mol. The standard InChI is InChI=1S/C24H27N5O6/c1-13(2)11-27-20-22(28(12-14(3)4)24(31)26-23(20)30)25-21(27)19-9-8-18(35-19)16-7-6-15(34-5)10-17(16)29(32)33/h6-10,13-14H,11-12H2,1-5H3,(H,26,30,31). The Balaban J connectivity index is 1.93. The number of furan rings is 1. The van der Waals surface area contributed by atoms with Crippen LogP contribution in [0.25, 0.3) is 34.1 Å². The van der Waals surface area contributed by atoms with Gasteiger partial charge in [0.05, 0.1) is 23.7 Å². The third kappa shape index (κ3) is 4.48. The highest BCUT2D eigenvalue weighted by molar-refractivity contribution is 5.77. The van der Waals surface area contributed by atoms with Gasteiger partial charge in [-0.2, -0.15) is 0 Å². The minimum absolute atomic E-state index is 0.145. The molecule has 35 heavy (non-hydrogen) atoms. The summed E-state index contributed by atoms with van der Waals surface area (Å²) < 4.78 is 14.3. The molecule has 0 atom stereocenters. The van der Waals surface area contributed by atoms with Crippen LogP contribution < -0.4 is 16.0 Å². The lowest BCUT2D eigenvalue weighted by molar-refractivity contribution is -0.384. The average molecular weight is 482 g/mol. The van der Waals surface area contributed by atoms with Crippen molar-refractivity contribution in [3.63, 3.8) is 0 Å². The fraction of sp³-hybridized carbons (Fsp3) is 0.375. The fourth-order valence-corrected chi connectivity index (χ4v) is 4.04. The molecule has 3 heterocycles. The summed E-state index contributed by atoms with van der Waals surface area (Å²) in [5.74, 6) is 1.62. The van der Waals surface area contributed by atoms with Crippen molar-refractivity contribution in [2.24, 2.45) is 11.8 Å². The first-order valence-electron chi connectivity index (χ1n) is 11.3. The quantitative estimate of drug-likeness (QED) is 0.296. The molecule has 0 unspecified atom stereocenters. The van der Waals surface area contributed by atoms with Gasteiger partial charge in [-0.1, -0.05) is 27.7 Å². The molecule has 3 aromatic heterocycles. The molecule has 11 heteroatoms. The third-order valence-corrected chi connectivity index (χ3v) is 5.47. The summed E-state index contributed by atoms with van der Waals surface area (Å²) in [6, 6.07) is 7.77. The zero-order valence-corrected chi connectivity index (χ0v) is 20.2. The number of nitrogens with one attached hydrogen (secondary N) is 1. The van der Waals surface area contributed by atoms with E-state index in [4.69, 9.17) is 9.15 Å². The molecule has 0 radical (unpaired) electrons. The molecular weight excluding hydrogens is 454 g/mol. The van der Waals surface area contributed by atoms with Gasteiger partial charge in [-0.3, -0.25) is 24.5 Å². The van der Waals surface area contributed by atoms with E-state index in [1.165, 1.54) is 17.7 Å². The number of imidazole rings is 1. The number of hydrogen-bond acceptors (Lipinski definition) is 7. The highest BCUT2D eigenvalue weighted by Crippen LogP contribution is 2.36. The Hall–Kier alpha value is -4.15. The maximum Gasteiger partial charge on any atom is 0.330 e. The molecule has 4 rings (SSSR count). The molecule has 0 spiro atoms. The molecule has 0 saturated heterocycles. The first-order valence-corrected chi connectivity index (χ1v) is 11.3. The number of ether oxygens (including phenoxy) is 1. The van der Waals surface area contributed by atoms with E-state index in [0.29, 0.717) is 30.4 Å². The Morgan fingerprint density at radius 1 is 1.06 bits per heavy atom. The van der Waals surface area contributed by atoms with Crippen LogP contribution in [-0.4, -0.2) is 31.1 Å². The molecule has 0 saturated carbocycles. The minimum Gasteiger partial charge on any atom is -0.497 e. The average Bonchev–Trinajstić information content (AvgIpc) is 3.41. The van der Waals surface area contributed by atoms with Crippen molar-refractivity contribution in [1.29, 1.82) is 0 Å². The van der Waals surface area contributed by atoms with Crippen molar-refractivity contribution >= 4 is 16.9 Å². The molecule has 0 aliphatic rings. The Bertz CT molecular complexity index is 1520. The number of rotatable bonds is 8. The summed E-state index contributed by atoms with van der Waals surface area (Å²) >= 11 is 0. The van der Waals surface area contributed by atoms with Gasteiger partial charge in [0, 0.05) is 13.1 Å². The summed E-state index contributed by atoms with van der Waals surface area (Å²) in [6.07, 6.45) is 0. The highest BCUT2D eigenvalue weighted by atomic mass is 16.6. The number of nitro benzene ring substituents is 1. The number of H-pyrrole nitrogens is 1. The topological polar surface area (TPSA) is 138 Å². The van der Waals surface area contributed by atoms with Crippen LogP contribution in [0, 0.1) is 22.0 Å². The van der Waals surface area contributed by atoms with E-state index in [-0.39, 0.29) is 40.0 Å². The predicted octanol–water partition coefficient (Wildman–Crippen LogP) is 4.04. The number of nitrogens with zero attached hydrogens (tertiary/aromatic N) is 4.